The fourth-order valence-electron chi connectivity index (χ4n) is 2.65. The van der Waals surface area contributed by atoms with Gasteiger partial charge < -0.3 is 0 Å². The zero-order valence-corrected chi connectivity index (χ0v) is 13.1. The first-order chi connectivity index (χ1) is 9.53. The van der Waals surface area contributed by atoms with E-state index in [2.05, 4.69) is 36.1 Å². The molecule has 0 aliphatic carbocycles. The molecule has 1 unspecified atom stereocenters. The Morgan fingerprint density at radius 1 is 1.20 bits per heavy atom. The number of sulfonamides is 1. The van der Waals surface area contributed by atoms with E-state index in [1.807, 2.05) is 6.07 Å². The monoisotopic (exact) mass is 296 g/mol. The van der Waals surface area contributed by atoms with E-state index in [9.17, 15) is 8.42 Å². The van der Waals surface area contributed by atoms with Crippen molar-refractivity contribution in [3.05, 3.63) is 35.9 Å². The lowest BCUT2D eigenvalue weighted by atomic mass is 10.1. The number of nitrogens with zero attached hydrogens (tertiary/aromatic N) is 2. The molecular weight excluding hydrogens is 272 g/mol. The smallest absolute Gasteiger partial charge is 0.213 e. The number of rotatable bonds is 5. The Kier molecular flexibility index (Phi) is 5.18. The average molecular weight is 296 g/mol. The lowest BCUT2D eigenvalue weighted by molar-refractivity contribution is 0.130. The molecule has 1 aliphatic heterocycles. The van der Waals surface area contributed by atoms with Crippen molar-refractivity contribution in [2.75, 3.05) is 31.9 Å². The van der Waals surface area contributed by atoms with Crippen LogP contribution in [0.2, 0.25) is 0 Å². The number of hydrogen-bond acceptors (Lipinski definition) is 3. The molecule has 1 heterocycles. The molecule has 1 aromatic carbocycles. The molecule has 4 nitrogen and oxygen atoms in total. The summed E-state index contributed by atoms with van der Waals surface area (Å²) in [5, 5.41) is 0. The summed E-state index contributed by atoms with van der Waals surface area (Å²) in [5.74, 6) is 0.198. The van der Waals surface area contributed by atoms with E-state index >= 15 is 0 Å². The zero-order valence-electron chi connectivity index (χ0n) is 12.3. The fraction of sp³-hybridized carbons (Fsp3) is 0.600. The Hall–Kier alpha value is -0.910. The Morgan fingerprint density at radius 2 is 1.90 bits per heavy atom. The Bertz CT molecular complexity index is 516. The van der Waals surface area contributed by atoms with E-state index in [0.717, 1.165) is 19.5 Å². The Balaban J connectivity index is 1.88. The van der Waals surface area contributed by atoms with Gasteiger partial charge in [-0.05, 0) is 25.8 Å². The molecule has 20 heavy (non-hydrogen) atoms. The largest absolute Gasteiger partial charge is 0.298 e. The maximum absolute atomic E-state index is 11.9. The van der Waals surface area contributed by atoms with Crippen molar-refractivity contribution in [2.24, 2.45) is 0 Å². The summed E-state index contributed by atoms with van der Waals surface area (Å²) in [5.41, 5.74) is 1.34. The van der Waals surface area contributed by atoms with Crippen LogP contribution in [0, 0.1) is 0 Å². The molecule has 1 saturated heterocycles. The highest BCUT2D eigenvalue weighted by atomic mass is 32.2. The molecule has 0 radical (unpaired) electrons. The van der Waals surface area contributed by atoms with Crippen LogP contribution >= 0.6 is 0 Å². The predicted molar refractivity (Wildman–Crippen MR) is 82.2 cm³/mol. The topological polar surface area (TPSA) is 40.6 Å². The zero-order chi connectivity index (χ0) is 14.6. The van der Waals surface area contributed by atoms with Crippen LogP contribution in [-0.4, -0.2) is 55.6 Å². The molecule has 1 atom stereocenters. The Labute approximate surface area is 122 Å². The number of piperazine rings is 1. The second-order valence-corrected chi connectivity index (χ2v) is 7.64. The lowest BCUT2D eigenvalue weighted by Crippen LogP contribution is -2.54. The summed E-state index contributed by atoms with van der Waals surface area (Å²) in [6.45, 7) is 6.88. The Morgan fingerprint density at radius 3 is 2.50 bits per heavy atom. The van der Waals surface area contributed by atoms with Crippen molar-refractivity contribution in [2.45, 2.75) is 26.3 Å². The van der Waals surface area contributed by atoms with Crippen molar-refractivity contribution in [1.29, 1.82) is 0 Å². The van der Waals surface area contributed by atoms with E-state index in [-0.39, 0.29) is 11.8 Å². The SMILES string of the molecule is CCS(=O)(=O)N1CCN(CCc2ccccc2)C(C)C1. The summed E-state index contributed by atoms with van der Waals surface area (Å²) < 4.78 is 25.4. The quantitative estimate of drug-likeness (QED) is 0.828. The van der Waals surface area contributed by atoms with E-state index in [4.69, 9.17) is 0 Å². The predicted octanol–water partition coefficient (Wildman–Crippen LogP) is 1.58. The van der Waals surface area contributed by atoms with Gasteiger partial charge in [-0.15, -0.1) is 0 Å². The van der Waals surface area contributed by atoms with Crippen LogP contribution in [0.25, 0.3) is 0 Å². The van der Waals surface area contributed by atoms with E-state index in [0.29, 0.717) is 13.1 Å². The third-order valence-corrected chi connectivity index (χ3v) is 5.86. The van der Waals surface area contributed by atoms with Crippen molar-refractivity contribution in [3.8, 4) is 0 Å². The third kappa shape index (κ3) is 3.81. The first-order valence-electron chi connectivity index (χ1n) is 7.28. The molecule has 5 heteroatoms. The first kappa shape index (κ1) is 15.5. The number of hydrogen-bond donors (Lipinski definition) is 0. The molecule has 0 spiro atoms. The molecule has 0 bridgehead atoms. The van der Waals surface area contributed by atoms with Crippen molar-refractivity contribution >= 4 is 10.0 Å². The average Bonchev–Trinajstić information content (AvgIpc) is 2.47. The van der Waals surface area contributed by atoms with Crippen LogP contribution in [0.5, 0.6) is 0 Å². The summed E-state index contributed by atoms with van der Waals surface area (Å²) in [6.07, 6.45) is 1.02. The van der Waals surface area contributed by atoms with Crippen LogP contribution in [-0.2, 0) is 16.4 Å². The van der Waals surface area contributed by atoms with Crippen molar-refractivity contribution < 1.29 is 8.42 Å². The minimum Gasteiger partial charge on any atom is -0.298 e. The maximum atomic E-state index is 11.9. The summed E-state index contributed by atoms with van der Waals surface area (Å²) in [7, 11) is -3.04. The molecule has 0 N–H and O–H groups in total. The molecule has 1 aromatic rings. The van der Waals surface area contributed by atoms with Crippen LogP contribution in [0.15, 0.2) is 30.3 Å². The normalized spacial score (nSPS) is 22.0. The fourth-order valence-corrected chi connectivity index (χ4v) is 3.81. The lowest BCUT2D eigenvalue weighted by Gasteiger charge is -2.39. The highest BCUT2D eigenvalue weighted by Crippen LogP contribution is 2.14. The van der Waals surface area contributed by atoms with Gasteiger partial charge in [0.05, 0.1) is 5.75 Å². The third-order valence-electron chi connectivity index (χ3n) is 4.02. The number of benzene rings is 1. The van der Waals surface area contributed by atoms with Crippen molar-refractivity contribution in [1.82, 2.24) is 9.21 Å². The van der Waals surface area contributed by atoms with E-state index < -0.39 is 10.0 Å². The molecule has 112 valence electrons. The molecule has 0 amide bonds. The summed E-state index contributed by atoms with van der Waals surface area (Å²) >= 11 is 0. The van der Waals surface area contributed by atoms with E-state index in [1.165, 1.54) is 5.56 Å². The van der Waals surface area contributed by atoms with Gasteiger partial charge in [0.2, 0.25) is 10.0 Å². The van der Waals surface area contributed by atoms with Gasteiger partial charge in [-0.1, -0.05) is 30.3 Å². The van der Waals surface area contributed by atoms with Crippen LogP contribution in [0.4, 0.5) is 0 Å². The van der Waals surface area contributed by atoms with Gasteiger partial charge in [0.25, 0.3) is 0 Å². The van der Waals surface area contributed by atoms with Gasteiger partial charge in [-0.2, -0.15) is 4.31 Å². The molecule has 2 rings (SSSR count). The highest BCUT2D eigenvalue weighted by Gasteiger charge is 2.29. The van der Waals surface area contributed by atoms with Gasteiger partial charge in [0, 0.05) is 32.2 Å². The summed E-state index contributed by atoms with van der Waals surface area (Å²) in [6, 6.07) is 10.7. The standard InChI is InChI=1S/C15H24N2O2S/c1-3-20(18,19)17-12-11-16(14(2)13-17)10-9-15-7-5-4-6-8-15/h4-8,14H,3,9-13H2,1-2H3. The minimum absolute atomic E-state index is 0.198. The first-order valence-corrected chi connectivity index (χ1v) is 8.89. The van der Waals surface area contributed by atoms with Gasteiger partial charge in [0.15, 0.2) is 0 Å². The minimum atomic E-state index is -3.04. The van der Waals surface area contributed by atoms with Gasteiger partial charge in [-0.3, -0.25) is 4.90 Å². The van der Waals surface area contributed by atoms with Crippen LogP contribution < -0.4 is 0 Å². The van der Waals surface area contributed by atoms with Crippen LogP contribution in [0.3, 0.4) is 0 Å². The second-order valence-electron chi connectivity index (χ2n) is 5.38. The summed E-state index contributed by atoms with van der Waals surface area (Å²) in [4.78, 5) is 2.38. The molecular formula is C15H24N2O2S. The maximum Gasteiger partial charge on any atom is 0.213 e. The van der Waals surface area contributed by atoms with E-state index in [1.54, 1.807) is 11.2 Å². The van der Waals surface area contributed by atoms with Crippen molar-refractivity contribution in [3.63, 3.8) is 0 Å². The highest BCUT2D eigenvalue weighted by molar-refractivity contribution is 7.89. The second kappa shape index (κ2) is 6.70. The molecule has 1 aliphatic rings. The van der Waals surface area contributed by atoms with Gasteiger partial charge in [0.1, 0.15) is 0 Å². The molecule has 0 aromatic heterocycles. The molecule has 1 fully saturated rings. The molecule has 0 saturated carbocycles. The van der Waals surface area contributed by atoms with Gasteiger partial charge in [-0.25, -0.2) is 8.42 Å². The van der Waals surface area contributed by atoms with Crippen LogP contribution in [0.1, 0.15) is 19.4 Å². The van der Waals surface area contributed by atoms with Gasteiger partial charge >= 0.3 is 0 Å².